The van der Waals surface area contributed by atoms with E-state index in [2.05, 4.69) is 37.8 Å². The summed E-state index contributed by atoms with van der Waals surface area (Å²) in [5.41, 5.74) is 1.16. The Morgan fingerprint density at radius 3 is 2.67 bits per heavy atom. The lowest BCUT2D eigenvalue weighted by Gasteiger charge is -2.30. The lowest BCUT2D eigenvalue weighted by atomic mass is 9.99. The first kappa shape index (κ1) is 21.6. The van der Waals surface area contributed by atoms with E-state index in [1.807, 2.05) is 14.0 Å². The Hall–Kier alpha value is -0.410. The molecule has 0 amide bonds. The van der Waals surface area contributed by atoms with Gasteiger partial charge < -0.3 is 15.5 Å². The molecule has 1 aromatic heterocycles. The van der Waals surface area contributed by atoms with Gasteiger partial charge in [0.1, 0.15) is 0 Å². The summed E-state index contributed by atoms with van der Waals surface area (Å²) >= 11 is 1.71. The monoisotopic (exact) mass is 465 g/mol. The second kappa shape index (κ2) is 12.0. The van der Waals surface area contributed by atoms with Crippen LogP contribution in [-0.4, -0.2) is 55.6 Å². The molecule has 24 heavy (non-hydrogen) atoms. The number of thiazole rings is 1. The Bertz CT molecular complexity index is 483. The van der Waals surface area contributed by atoms with E-state index < -0.39 is 0 Å². The number of nitrogens with zero attached hydrogens (tertiary/aromatic N) is 3. The zero-order chi connectivity index (χ0) is 16.5. The van der Waals surface area contributed by atoms with Crippen molar-refractivity contribution in [3.8, 4) is 0 Å². The van der Waals surface area contributed by atoms with Crippen molar-refractivity contribution in [2.45, 2.75) is 39.5 Å². The molecule has 0 aromatic carbocycles. The SMILES string of the molecule is CN=C(NCCCN1CCC(C)CC1)NCCc1csc(C)n1.I. The first-order chi connectivity index (χ1) is 11.2. The van der Waals surface area contributed by atoms with E-state index in [0.29, 0.717) is 0 Å². The number of hydrogen-bond donors (Lipinski definition) is 2. The summed E-state index contributed by atoms with van der Waals surface area (Å²) in [7, 11) is 1.83. The number of piperidine rings is 1. The van der Waals surface area contributed by atoms with Crippen molar-refractivity contribution in [1.29, 1.82) is 0 Å². The first-order valence-corrected chi connectivity index (χ1v) is 9.63. The van der Waals surface area contributed by atoms with Crippen LogP contribution < -0.4 is 10.6 Å². The van der Waals surface area contributed by atoms with Gasteiger partial charge in [0.25, 0.3) is 0 Å². The fraction of sp³-hybridized carbons (Fsp3) is 0.765. The van der Waals surface area contributed by atoms with Gasteiger partial charge in [0.2, 0.25) is 0 Å². The van der Waals surface area contributed by atoms with Crippen LogP contribution in [0.25, 0.3) is 0 Å². The minimum absolute atomic E-state index is 0. The van der Waals surface area contributed by atoms with Gasteiger partial charge in [-0.1, -0.05) is 6.92 Å². The highest BCUT2D eigenvalue weighted by molar-refractivity contribution is 14.0. The third-order valence-electron chi connectivity index (χ3n) is 4.38. The number of halogens is 1. The van der Waals surface area contributed by atoms with Gasteiger partial charge in [-0.25, -0.2) is 4.98 Å². The maximum absolute atomic E-state index is 4.48. The predicted octanol–water partition coefficient (Wildman–Crippen LogP) is 2.90. The Kier molecular flexibility index (Phi) is 10.8. The van der Waals surface area contributed by atoms with Gasteiger partial charge in [-0.05, 0) is 51.7 Å². The van der Waals surface area contributed by atoms with E-state index in [0.717, 1.165) is 42.1 Å². The molecule has 138 valence electrons. The van der Waals surface area contributed by atoms with E-state index in [-0.39, 0.29) is 24.0 Å². The molecule has 1 aromatic rings. The molecule has 0 spiro atoms. The normalized spacial score (nSPS) is 16.7. The lowest BCUT2D eigenvalue weighted by Crippen LogP contribution is -2.40. The summed E-state index contributed by atoms with van der Waals surface area (Å²) in [4.78, 5) is 11.3. The molecule has 1 aliphatic heterocycles. The molecule has 2 heterocycles. The van der Waals surface area contributed by atoms with Crippen molar-refractivity contribution in [3.63, 3.8) is 0 Å². The van der Waals surface area contributed by atoms with Crippen LogP contribution in [0.2, 0.25) is 0 Å². The van der Waals surface area contributed by atoms with Gasteiger partial charge in [-0.2, -0.15) is 0 Å². The Morgan fingerprint density at radius 2 is 2.04 bits per heavy atom. The summed E-state index contributed by atoms with van der Waals surface area (Å²) in [6, 6.07) is 0. The summed E-state index contributed by atoms with van der Waals surface area (Å²) in [5.74, 6) is 1.80. The highest BCUT2D eigenvalue weighted by atomic mass is 127. The van der Waals surface area contributed by atoms with Crippen LogP contribution in [0.4, 0.5) is 0 Å². The number of hydrogen-bond acceptors (Lipinski definition) is 4. The van der Waals surface area contributed by atoms with E-state index in [4.69, 9.17) is 0 Å². The average Bonchev–Trinajstić information content (AvgIpc) is 2.97. The number of aromatic nitrogens is 1. The molecule has 7 heteroatoms. The number of aliphatic imine (C=N–C) groups is 1. The number of aryl methyl sites for hydroxylation is 1. The fourth-order valence-corrected chi connectivity index (χ4v) is 3.49. The van der Waals surface area contributed by atoms with Crippen LogP contribution in [0.3, 0.4) is 0 Å². The summed E-state index contributed by atoms with van der Waals surface area (Å²) < 4.78 is 0. The Balaban J connectivity index is 0.00000288. The van der Waals surface area contributed by atoms with Gasteiger partial charge in [0.15, 0.2) is 5.96 Å². The van der Waals surface area contributed by atoms with Crippen LogP contribution in [0.1, 0.15) is 36.9 Å². The first-order valence-electron chi connectivity index (χ1n) is 8.75. The van der Waals surface area contributed by atoms with E-state index in [1.165, 1.54) is 38.9 Å². The molecule has 0 bridgehead atoms. The van der Waals surface area contributed by atoms with Crippen LogP contribution in [0.15, 0.2) is 10.4 Å². The average molecular weight is 465 g/mol. The predicted molar refractivity (Wildman–Crippen MR) is 115 cm³/mol. The highest BCUT2D eigenvalue weighted by Gasteiger charge is 2.14. The zero-order valence-electron chi connectivity index (χ0n) is 15.2. The number of likely N-dealkylation sites (tertiary alicyclic amines) is 1. The summed E-state index contributed by atoms with van der Waals surface area (Å²) in [5, 5.41) is 10.0. The molecule has 2 N–H and O–H groups in total. The molecule has 0 radical (unpaired) electrons. The quantitative estimate of drug-likeness (QED) is 0.282. The number of rotatable bonds is 7. The topological polar surface area (TPSA) is 52.6 Å². The number of guanidine groups is 1. The smallest absolute Gasteiger partial charge is 0.190 e. The van der Waals surface area contributed by atoms with Crippen LogP contribution in [0.5, 0.6) is 0 Å². The molecule has 1 fully saturated rings. The highest BCUT2D eigenvalue weighted by Crippen LogP contribution is 2.15. The van der Waals surface area contributed by atoms with Crippen molar-refractivity contribution in [3.05, 3.63) is 16.1 Å². The van der Waals surface area contributed by atoms with Crippen LogP contribution >= 0.6 is 35.3 Å². The molecule has 0 saturated carbocycles. The van der Waals surface area contributed by atoms with Gasteiger partial charge in [-0.3, -0.25) is 4.99 Å². The third kappa shape index (κ3) is 8.11. The second-order valence-electron chi connectivity index (χ2n) is 6.41. The minimum atomic E-state index is 0. The maximum Gasteiger partial charge on any atom is 0.190 e. The van der Waals surface area contributed by atoms with Crippen molar-refractivity contribution in [2.24, 2.45) is 10.9 Å². The van der Waals surface area contributed by atoms with Gasteiger partial charge in [0.05, 0.1) is 10.7 Å². The van der Waals surface area contributed by atoms with Crippen molar-refractivity contribution >= 4 is 41.3 Å². The molecule has 5 nitrogen and oxygen atoms in total. The maximum atomic E-state index is 4.48. The van der Waals surface area contributed by atoms with Gasteiger partial charge >= 0.3 is 0 Å². The molecule has 0 atom stereocenters. The standard InChI is InChI=1S/C17H31N5S.HI/c1-14-6-11-22(12-7-14)10-4-8-19-17(18-3)20-9-5-16-13-23-15(2)21-16;/h13-14H,4-12H2,1-3H3,(H2,18,19,20);1H. The van der Waals surface area contributed by atoms with E-state index >= 15 is 0 Å². The molecule has 0 aliphatic carbocycles. The molecule has 1 saturated heterocycles. The van der Waals surface area contributed by atoms with Crippen molar-refractivity contribution in [2.75, 3.05) is 39.8 Å². The molecule has 2 rings (SSSR count). The fourth-order valence-electron chi connectivity index (χ4n) is 2.85. The summed E-state index contributed by atoms with van der Waals surface area (Å²) in [6.07, 6.45) is 4.82. The zero-order valence-corrected chi connectivity index (χ0v) is 18.3. The third-order valence-corrected chi connectivity index (χ3v) is 5.21. The van der Waals surface area contributed by atoms with Crippen LogP contribution in [0, 0.1) is 12.8 Å². The molecule has 1 aliphatic rings. The number of nitrogens with one attached hydrogen (secondary N) is 2. The van der Waals surface area contributed by atoms with E-state index in [1.54, 1.807) is 11.3 Å². The lowest BCUT2D eigenvalue weighted by molar-refractivity contribution is 0.191. The summed E-state index contributed by atoms with van der Waals surface area (Å²) in [6.45, 7) is 9.97. The Morgan fingerprint density at radius 1 is 1.33 bits per heavy atom. The van der Waals surface area contributed by atoms with Crippen molar-refractivity contribution in [1.82, 2.24) is 20.5 Å². The molecular formula is C17H32IN5S. The van der Waals surface area contributed by atoms with Crippen LogP contribution in [-0.2, 0) is 6.42 Å². The van der Waals surface area contributed by atoms with Crippen molar-refractivity contribution < 1.29 is 0 Å². The minimum Gasteiger partial charge on any atom is -0.356 e. The second-order valence-corrected chi connectivity index (χ2v) is 7.47. The van der Waals surface area contributed by atoms with Gasteiger partial charge in [0, 0.05) is 31.9 Å². The molecular weight excluding hydrogens is 433 g/mol. The largest absolute Gasteiger partial charge is 0.356 e. The van der Waals surface area contributed by atoms with E-state index in [9.17, 15) is 0 Å². The molecule has 0 unspecified atom stereocenters. The Labute approximate surface area is 167 Å². The van der Waals surface area contributed by atoms with Gasteiger partial charge in [-0.15, -0.1) is 35.3 Å².